The molecule has 110 valence electrons. The van der Waals surface area contributed by atoms with Crippen LogP contribution in [0.2, 0.25) is 0 Å². The van der Waals surface area contributed by atoms with Crippen molar-refractivity contribution in [3.63, 3.8) is 0 Å². The summed E-state index contributed by atoms with van der Waals surface area (Å²) in [6.07, 6.45) is 2.22. The summed E-state index contributed by atoms with van der Waals surface area (Å²) in [6, 6.07) is 0. The largest absolute Gasteiger partial charge is 0.349 e. The second-order valence-electron chi connectivity index (χ2n) is 6.14. The van der Waals surface area contributed by atoms with Gasteiger partial charge in [-0.3, -0.25) is 9.13 Å². The standard InChI is InChI=1S/C13H14N4O4/c1-13(2)20-8-7-4-16-10-6(3-14-12(16)18)15-5-17(10)11(19-7)9(8)21-13/h3,5,7-9,11H,4H2,1-2H3/t7-,8+,9?,11+/m1/s1. The molecule has 2 aromatic rings. The van der Waals surface area contributed by atoms with Gasteiger partial charge in [-0.15, -0.1) is 0 Å². The summed E-state index contributed by atoms with van der Waals surface area (Å²) in [5.74, 6) is -0.644. The van der Waals surface area contributed by atoms with E-state index in [2.05, 4.69) is 9.97 Å². The third-order valence-electron chi connectivity index (χ3n) is 4.34. The summed E-state index contributed by atoms with van der Waals surface area (Å²) in [5, 5.41) is 0. The first-order valence-electron chi connectivity index (χ1n) is 6.97. The third-order valence-corrected chi connectivity index (χ3v) is 4.34. The topological polar surface area (TPSA) is 80.4 Å². The molecule has 0 aliphatic carbocycles. The van der Waals surface area contributed by atoms with Crippen molar-refractivity contribution >= 4 is 11.2 Å². The van der Waals surface area contributed by atoms with Crippen molar-refractivity contribution in [2.75, 3.05) is 0 Å². The second-order valence-corrected chi connectivity index (χ2v) is 6.14. The first-order chi connectivity index (χ1) is 10.0. The molecular weight excluding hydrogens is 276 g/mol. The zero-order valence-corrected chi connectivity index (χ0v) is 11.6. The lowest BCUT2D eigenvalue weighted by molar-refractivity contribution is -0.196. The van der Waals surface area contributed by atoms with Crippen molar-refractivity contribution in [2.24, 2.45) is 0 Å². The molecule has 21 heavy (non-hydrogen) atoms. The van der Waals surface area contributed by atoms with Gasteiger partial charge in [0.1, 0.15) is 29.5 Å². The van der Waals surface area contributed by atoms with Crippen LogP contribution >= 0.6 is 0 Å². The van der Waals surface area contributed by atoms with E-state index in [0.29, 0.717) is 12.1 Å². The minimum absolute atomic E-state index is 0.192. The van der Waals surface area contributed by atoms with Gasteiger partial charge in [-0.05, 0) is 13.8 Å². The molecule has 8 heteroatoms. The van der Waals surface area contributed by atoms with Crippen molar-refractivity contribution in [1.82, 2.24) is 19.1 Å². The first kappa shape index (κ1) is 11.8. The predicted octanol–water partition coefficient (Wildman–Crippen LogP) is 0.0241. The fraction of sp³-hybridized carbons (Fsp3) is 0.615. The van der Waals surface area contributed by atoms with Crippen molar-refractivity contribution in [3.8, 4) is 0 Å². The summed E-state index contributed by atoms with van der Waals surface area (Å²) in [5.41, 5.74) is 1.12. The molecule has 0 aromatic carbocycles. The number of nitrogens with zero attached hydrogens (tertiary/aromatic N) is 4. The Morgan fingerprint density at radius 2 is 2.10 bits per heavy atom. The van der Waals surface area contributed by atoms with E-state index in [1.54, 1.807) is 10.9 Å². The van der Waals surface area contributed by atoms with Crippen molar-refractivity contribution in [3.05, 3.63) is 23.0 Å². The number of fused-ring (bicyclic) bond motifs is 6. The summed E-state index contributed by atoms with van der Waals surface area (Å²) < 4.78 is 21.5. The molecule has 0 spiro atoms. The van der Waals surface area contributed by atoms with Crippen LogP contribution in [0.15, 0.2) is 17.3 Å². The molecule has 5 heterocycles. The lowest BCUT2D eigenvalue weighted by Gasteiger charge is -2.22. The van der Waals surface area contributed by atoms with Crippen LogP contribution in [0.25, 0.3) is 11.2 Å². The zero-order valence-electron chi connectivity index (χ0n) is 11.6. The molecule has 0 saturated carbocycles. The number of rotatable bonds is 0. The van der Waals surface area contributed by atoms with Crippen molar-refractivity contribution in [1.29, 1.82) is 0 Å². The van der Waals surface area contributed by atoms with Crippen LogP contribution in [-0.4, -0.2) is 43.2 Å². The Kier molecular flexibility index (Phi) is 1.98. The molecule has 4 atom stereocenters. The van der Waals surface area contributed by atoms with Crippen LogP contribution < -0.4 is 5.69 Å². The van der Waals surface area contributed by atoms with E-state index >= 15 is 0 Å². The average Bonchev–Trinajstić information content (AvgIpc) is 3.01. The number of imidazole rings is 1. The normalized spacial score (nSPS) is 35.9. The highest BCUT2D eigenvalue weighted by atomic mass is 16.8. The highest BCUT2D eigenvalue weighted by Gasteiger charge is 2.57. The van der Waals surface area contributed by atoms with E-state index in [-0.39, 0.29) is 30.2 Å². The van der Waals surface area contributed by atoms with E-state index in [1.165, 1.54) is 6.20 Å². The SMILES string of the molecule is CC1(C)OC2[C@@H](O1)[C@H]1Cn3c(=O)ncc4ncn(c43)[C@H]2O1. The Labute approximate surface area is 119 Å². The highest BCUT2D eigenvalue weighted by molar-refractivity contribution is 5.70. The zero-order chi connectivity index (χ0) is 14.4. The number of aromatic nitrogens is 4. The lowest BCUT2D eigenvalue weighted by atomic mass is 10.1. The van der Waals surface area contributed by atoms with Gasteiger partial charge in [0.15, 0.2) is 12.0 Å². The van der Waals surface area contributed by atoms with E-state index < -0.39 is 5.79 Å². The maximum Gasteiger partial charge on any atom is 0.349 e. The Balaban J connectivity index is 1.75. The average molecular weight is 290 g/mol. The van der Waals surface area contributed by atoms with E-state index in [4.69, 9.17) is 14.2 Å². The molecule has 3 aliphatic rings. The van der Waals surface area contributed by atoms with Gasteiger partial charge in [-0.1, -0.05) is 0 Å². The minimum atomic E-state index is -0.644. The monoisotopic (exact) mass is 290 g/mol. The molecule has 2 bridgehead atoms. The molecule has 2 aromatic heterocycles. The third kappa shape index (κ3) is 1.42. The summed E-state index contributed by atoms with van der Waals surface area (Å²) >= 11 is 0. The maximum absolute atomic E-state index is 12.1. The molecule has 0 N–H and O–H groups in total. The van der Waals surface area contributed by atoms with Crippen LogP contribution in [0.4, 0.5) is 0 Å². The molecule has 3 aliphatic heterocycles. The Hall–Kier alpha value is -1.77. The summed E-state index contributed by atoms with van der Waals surface area (Å²) in [7, 11) is 0. The molecule has 8 nitrogen and oxygen atoms in total. The smallest absolute Gasteiger partial charge is 0.347 e. The van der Waals surface area contributed by atoms with Crippen LogP contribution in [0.5, 0.6) is 0 Å². The van der Waals surface area contributed by atoms with Gasteiger partial charge in [-0.25, -0.2) is 9.78 Å². The molecule has 5 rings (SSSR count). The first-order valence-corrected chi connectivity index (χ1v) is 6.97. The molecule has 0 amide bonds. The molecular formula is C13H14N4O4. The van der Waals surface area contributed by atoms with Gasteiger partial charge < -0.3 is 14.2 Å². The van der Waals surface area contributed by atoms with Crippen molar-refractivity contribution in [2.45, 2.75) is 50.7 Å². The van der Waals surface area contributed by atoms with E-state index in [1.807, 2.05) is 18.4 Å². The maximum atomic E-state index is 12.1. The Morgan fingerprint density at radius 1 is 1.29 bits per heavy atom. The van der Waals surface area contributed by atoms with E-state index in [9.17, 15) is 4.79 Å². The Morgan fingerprint density at radius 3 is 2.95 bits per heavy atom. The fourth-order valence-corrected chi connectivity index (χ4v) is 3.58. The quantitative estimate of drug-likeness (QED) is 0.680. The predicted molar refractivity (Wildman–Crippen MR) is 69.5 cm³/mol. The van der Waals surface area contributed by atoms with Gasteiger partial charge in [-0.2, -0.15) is 4.98 Å². The van der Waals surface area contributed by atoms with Gasteiger partial charge in [0, 0.05) is 0 Å². The molecule has 2 fully saturated rings. The Bertz CT molecular complexity index is 810. The highest BCUT2D eigenvalue weighted by Crippen LogP contribution is 2.45. The number of hydrogen-bond donors (Lipinski definition) is 0. The summed E-state index contributed by atoms with van der Waals surface area (Å²) in [6.45, 7) is 4.18. The molecule has 2 saturated heterocycles. The van der Waals surface area contributed by atoms with Gasteiger partial charge in [0.2, 0.25) is 0 Å². The lowest BCUT2D eigenvalue weighted by Crippen LogP contribution is -2.37. The number of hydrogen-bond acceptors (Lipinski definition) is 6. The van der Waals surface area contributed by atoms with Crippen LogP contribution in [0.1, 0.15) is 20.1 Å². The second kappa shape index (κ2) is 3.52. The van der Waals surface area contributed by atoms with Gasteiger partial charge in [0.05, 0.1) is 19.1 Å². The minimum Gasteiger partial charge on any atom is -0.347 e. The molecule has 0 radical (unpaired) electrons. The van der Waals surface area contributed by atoms with Crippen LogP contribution in [0, 0.1) is 0 Å². The molecule has 1 unspecified atom stereocenters. The summed E-state index contributed by atoms with van der Waals surface area (Å²) in [4.78, 5) is 20.3. The van der Waals surface area contributed by atoms with Gasteiger partial charge in [0.25, 0.3) is 0 Å². The van der Waals surface area contributed by atoms with Crippen LogP contribution in [-0.2, 0) is 20.8 Å². The van der Waals surface area contributed by atoms with Crippen LogP contribution in [0.3, 0.4) is 0 Å². The van der Waals surface area contributed by atoms with Crippen molar-refractivity contribution < 1.29 is 14.2 Å². The van der Waals surface area contributed by atoms with E-state index in [0.717, 1.165) is 5.65 Å². The fourth-order valence-electron chi connectivity index (χ4n) is 3.58. The number of ether oxygens (including phenoxy) is 3. The van der Waals surface area contributed by atoms with Gasteiger partial charge >= 0.3 is 5.69 Å².